The highest BCUT2D eigenvalue weighted by Gasteiger charge is 2.48. The van der Waals surface area contributed by atoms with Gasteiger partial charge in [0.2, 0.25) is 0 Å². The molecule has 1 aromatic carbocycles. The summed E-state index contributed by atoms with van der Waals surface area (Å²) in [6.07, 6.45) is 6.43. The van der Waals surface area contributed by atoms with Crippen molar-refractivity contribution in [1.29, 1.82) is 0 Å². The van der Waals surface area contributed by atoms with Crippen LogP contribution in [0.5, 0.6) is 0 Å². The standard InChI is InChI=1S/C16H19BrN4/c1-19-8-6-16(11-19)7-9-21(16)14-4-2-13(3-5-14)20-10-15(17)18-12-20/h2-5,10,12H,6-9,11H2,1H3. The number of likely N-dealkylation sites (N-methyl/N-ethyl adjacent to an activating group) is 1. The van der Waals surface area contributed by atoms with Crippen molar-refractivity contribution in [3.8, 4) is 5.69 Å². The van der Waals surface area contributed by atoms with Crippen molar-refractivity contribution < 1.29 is 0 Å². The number of hydrogen-bond acceptors (Lipinski definition) is 3. The number of imidazole rings is 1. The van der Waals surface area contributed by atoms with Crippen LogP contribution in [0.3, 0.4) is 0 Å². The number of anilines is 1. The quantitative estimate of drug-likeness (QED) is 0.835. The lowest BCUT2D eigenvalue weighted by molar-refractivity contribution is 0.270. The molecule has 0 aliphatic carbocycles. The van der Waals surface area contributed by atoms with Crippen LogP contribution in [0.15, 0.2) is 41.4 Å². The molecule has 1 unspecified atom stereocenters. The maximum Gasteiger partial charge on any atom is 0.124 e. The fraction of sp³-hybridized carbons (Fsp3) is 0.438. The molecule has 1 atom stereocenters. The topological polar surface area (TPSA) is 24.3 Å². The third kappa shape index (κ3) is 2.19. The Morgan fingerprint density at radius 3 is 2.33 bits per heavy atom. The fourth-order valence-corrected chi connectivity index (χ4v) is 3.98. The van der Waals surface area contributed by atoms with Crippen LogP contribution in [0, 0.1) is 0 Å². The summed E-state index contributed by atoms with van der Waals surface area (Å²) in [5, 5.41) is 0. The molecule has 1 spiro atoms. The summed E-state index contributed by atoms with van der Waals surface area (Å²) in [5.74, 6) is 0. The molecule has 2 saturated heterocycles. The van der Waals surface area contributed by atoms with Crippen LogP contribution in [0.25, 0.3) is 5.69 Å². The summed E-state index contributed by atoms with van der Waals surface area (Å²) in [5.41, 5.74) is 2.89. The summed E-state index contributed by atoms with van der Waals surface area (Å²) >= 11 is 3.39. The predicted octanol–water partition coefficient (Wildman–Crippen LogP) is 2.92. The van der Waals surface area contributed by atoms with Crippen molar-refractivity contribution in [3.05, 3.63) is 41.4 Å². The van der Waals surface area contributed by atoms with Gasteiger partial charge in [-0.1, -0.05) is 0 Å². The Morgan fingerprint density at radius 2 is 1.81 bits per heavy atom. The van der Waals surface area contributed by atoms with Gasteiger partial charge in [-0.05, 0) is 60.1 Å². The van der Waals surface area contributed by atoms with Gasteiger partial charge in [-0.2, -0.15) is 0 Å². The van der Waals surface area contributed by atoms with Crippen LogP contribution < -0.4 is 4.90 Å². The van der Waals surface area contributed by atoms with Gasteiger partial charge in [0.1, 0.15) is 10.9 Å². The summed E-state index contributed by atoms with van der Waals surface area (Å²) in [6, 6.07) is 8.83. The number of aromatic nitrogens is 2. The van der Waals surface area contributed by atoms with E-state index in [2.05, 4.69) is 62.0 Å². The average molecular weight is 347 g/mol. The highest BCUT2D eigenvalue weighted by atomic mass is 79.9. The van der Waals surface area contributed by atoms with Crippen molar-refractivity contribution in [2.45, 2.75) is 18.4 Å². The van der Waals surface area contributed by atoms with Crippen LogP contribution in [0.4, 0.5) is 5.69 Å². The molecular weight excluding hydrogens is 328 g/mol. The number of halogens is 1. The first-order valence-corrected chi connectivity index (χ1v) is 8.22. The molecular formula is C16H19BrN4. The van der Waals surface area contributed by atoms with Gasteiger partial charge in [-0.3, -0.25) is 0 Å². The minimum Gasteiger partial charge on any atom is -0.364 e. The maximum atomic E-state index is 4.21. The monoisotopic (exact) mass is 346 g/mol. The van der Waals surface area contributed by atoms with Crippen LogP contribution in [-0.2, 0) is 0 Å². The van der Waals surface area contributed by atoms with E-state index in [1.165, 1.54) is 38.2 Å². The number of benzene rings is 1. The van der Waals surface area contributed by atoms with Crippen molar-refractivity contribution in [1.82, 2.24) is 14.5 Å². The number of likely N-dealkylation sites (tertiary alicyclic amines) is 1. The Hall–Kier alpha value is -1.33. The predicted molar refractivity (Wildman–Crippen MR) is 88.1 cm³/mol. The fourth-order valence-electron chi connectivity index (χ4n) is 3.67. The zero-order valence-corrected chi connectivity index (χ0v) is 13.8. The summed E-state index contributed by atoms with van der Waals surface area (Å²) in [6.45, 7) is 3.60. The van der Waals surface area contributed by atoms with E-state index in [0.29, 0.717) is 5.54 Å². The summed E-state index contributed by atoms with van der Waals surface area (Å²) in [4.78, 5) is 9.24. The SMILES string of the molecule is CN1CCC2(CCN2c2ccc(-n3cnc(Br)c3)cc2)C1. The number of rotatable bonds is 2. The minimum absolute atomic E-state index is 0.397. The normalized spacial score (nSPS) is 25.5. The zero-order chi connectivity index (χ0) is 14.4. The maximum absolute atomic E-state index is 4.21. The Morgan fingerprint density at radius 1 is 1.10 bits per heavy atom. The number of hydrogen-bond donors (Lipinski definition) is 0. The van der Waals surface area contributed by atoms with Crippen LogP contribution in [0.2, 0.25) is 0 Å². The van der Waals surface area contributed by atoms with Gasteiger partial charge in [-0.25, -0.2) is 4.98 Å². The van der Waals surface area contributed by atoms with E-state index in [1.807, 2.05) is 17.1 Å². The molecule has 4 nitrogen and oxygen atoms in total. The second-order valence-corrected chi connectivity index (χ2v) is 7.05. The molecule has 0 saturated carbocycles. The molecule has 2 aliphatic heterocycles. The second kappa shape index (κ2) is 4.85. The van der Waals surface area contributed by atoms with Crippen molar-refractivity contribution in [3.63, 3.8) is 0 Å². The van der Waals surface area contributed by atoms with E-state index in [1.54, 1.807) is 0 Å². The highest BCUT2D eigenvalue weighted by Crippen LogP contribution is 2.42. The van der Waals surface area contributed by atoms with Gasteiger partial charge in [-0.15, -0.1) is 0 Å². The smallest absolute Gasteiger partial charge is 0.124 e. The first-order valence-electron chi connectivity index (χ1n) is 7.42. The molecule has 110 valence electrons. The molecule has 4 rings (SSSR count). The van der Waals surface area contributed by atoms with Gasteiger partial charge in [0, 0.05) is 37.2 Å². The molecule has 1 aromatic heterocycles. The number of nitrogens with zero attached hydrogens (tertiary/aromatic N) is 4. The molecule has 5 heteroatoms. The Kier molecular flexibility index (Phi) is 3.08. The minimum atomic E-state index is 0.397. The molecule has 0 amide bonds. The van der Waals surface area contributed by atoms with E-state index in [4.69, 9.17) is 0 Å². The van der Waals surface area contributed by atoms with Crippen molar-refractivity contribution >= 4 is 21.6 Å². The average Bonchev–Trinajstić information content (AvgIpc) is 3.06. The van der Waals surface area contributed by atoms with Crippen LogP contribution in [0.1, 0.15) is 12.8 Å². The summed E-state index contributed by atoms with van der Waals surface area (Å²) < 4.78 is 2.89. The summed E-state index contributed by atoms with van der Waals surface area (Å²) in [7, 11) is 2.23. The molecule has 3 heterocycles. The third-order valence-electron chi connectivity index (χ3n) is 4.91. The van der Waals surface area contributed by atoms with Crippen molar-refractivity contribution in [2.75, 3.05) is 31.6 Å². The van der Waals surface area contributed by atoms with Crippen LogP contribution in [-0.4, -0.2) is 46.7 Å². The Bertz CT molecular complexity index is 651. The lowest BCUT2D eigenvalue weighted by atomic mass is 9.83. The van der Waals surface area contributed by atoms with Gasteiger partial charge < -0.3 is 14.4 Å². The molecule has 2 aliphatic rings. The largest absolute Gasteiger partial charge is 0.364 e. The Balaban J connectivity index is 1.57. The van der Waals surface area contributed by atoms with E-state index < -0.39 is 0 Å². The van der Waals surface area contributed by atoms with E-state index in [0.717, 1.165) is 10.3 Å². The molecule has 0 radical (unpaired) electrons. The van der Waals surface area contributed by atoms with Gasteiger partial charge in [0.25, 0.3) is 0 Å². The van der Waals surface area contributed by atoms with Crippen molar-refractivity contribution in [2.24, 2.45) is 0 Å². The van der Waals surface area contributed by atoms with E-state index in [9.17, 15) is 0 Å². The van der Waals surface area contributed by atoms with E-state index >= 15 is 0 Å². The molecule has 0 N–H and O–H groups in total. The first kappa shape index (κ1) is 13.3. The lowest BCUT2D eigenvalue weighted by Crippen LogP contribution is -2.61. The molecule has 21 heavy (non-hydrogen) atoms. The molecule has 2 aromatic rings. The lowest BCUT2D eigenvalue weighted by Gasteiger charge is -2.52. The second-order valence-electron chi connectivity index (χ2n) is 6.23. The Labute approximate surface area is 133 Å². The van der Waals surface area contributed by atoms with Gasteiger partial charge in [0.05, 0.1) is 5.54 Å². The molecule has 2 fully saturated rings. The first-order chi connectivity index (χ1) is 10.2. The van der Waals surface area contributed by atoms with Crippen LogP contribution >= 0.6 is 15.9 Å². The third-order valence-corrected chi connectivity index (χ3v) is 5.32. The zero-order valence-electron chi connectivity index (χ0n) is 12.2. The highest BCUT2D eigenvalue weighted by molar-refractivity contribution is 9.10. The van der Waals surface area contributed by atoms with Gasteiger partial charge in [0.15, 0.2) is 0 Å². The van der Waals surface area contributed by atoms with E-state index in [-0.39, 0.29) is 0 Å². The molecule has 0 bridgehead atoms. The van der Waals surface area contributed by atoms with Gasteiger partial charge >= 0.3 is 0 Å².